The molecule has 40 heavy (non-hydrogen) atoms. The van der Waals surface area contributed by atoms with Gasteiger partial charge in [-0.3, -0.25) is 19.2 Å². The Labute approximate surface area is 227 Å². The minimum Gasteiger partial charge on any atom is -0.444 e. The standard InChI is InChI=1S/C27H25NO12/c1-16(36-24(31)19-12-14-35-15-13-19)37-27(34)40-28-22(29)20(38-25(32)17-8-4-2-5-9-17)21(23(28)30)39-26(33)18-10-6-3-7-11-18/h2-11,16,19-21H,12-15H2,1H3/t16-,20+,21+/m1/s1. The molecule has 0 aliphatic carbocycles. The Bertz CT molecular complexity index is 1190. The van der Waals surface area contributed by atoms with Crippen molar-refractivity contribution < 1.29 is 57.3 Å². The minimum atomic E-state index is -1.97. The summed E-state index contributed by atoms with van der Waals surface area (Å²) < 4.78 is 25.5. The molecule has 0 unspecified atom stereocenters. The van der Waals surface area contributed by atoms with Crippen molar-refractivity contribution in [3.63, 3.8) is 0 Å². The van der Waals surface area contributed by atoms with Crippen LogP contribution in [0.15, 0.2) is 60.7 Å². The quantitative estimate of drug-likeness (QED) is 0.202. The van der Waals surface area contributed by atoms with Crippen LogP contribution >= 0.6 is 0 Å². The number of amides is 2. The first-order chi connectivity index (χ1) is 19.2. The number of hydroxylamine groups is 2. The summed E-state index contributed by atoms with van der Waals surface area (Å²) in [6.45, 7) is 2.02. The minimum absolute atomic E-state index is 0.0266. The van der Waals surface area contributed by atoms with Crippen LogP contribution in [-0.2, 0) is 42.9 Å². The van der Waals surface area contributed by atoms with Gasteiger partial charge in [-0.25, -0.2) is 14.4 Å². The zero-order valence-electron chi connectivity index (χ0n) is 21.3. The number of imide groups is 1. The van der Waals surface area contributed by atoms with Gasteiger partial charge >= 0.3 is 35.9 Å². The van der Waals surface area contributed by atoms with Crippen LogP contribution in [0.1, 0.15) is 40.5 Å². The lowest BCUT2D eigenvalue weighted by Gasteiger charge is -2.22. The third-order valence-electron chi connectivity index (χ3n) is 5.91. The number of esters is 3. The van der Waals surface area contributed by atoms with Crippen molar-refractivity contribution in [2.24, 2.45) is 5.92 Å². The lowest BCUT2D eigenvalue weighted by atomic mass is 10.0. The van der Waals surface area contributed by atoms with E-state index in [1.54, 1.807) is 36.4 Å². The molecule has 2 aromatic rings. The molecule has 4 rings (SSSR count). The highest BCUT2D eigenvalue weighted by molar-refractivity contribution is 6.09. The summed E-state index contributed by atoms with van der Waals surface area (Å²) in [6, 6.07) is 15.1. The van der Waals surface area contributed by atoms with Gasteiger partial charge in [0.25, 0.3) is 0 Å². The van der Waals surface area contributed by atoms with Crippen molar-refractivity contribution in [1.82, 2.24) is 5.06 Å². The highest BCUT2D eigenvalue weighted by Gasteiger charge is 2.55. The smallest absolute Gasteiger partial charge is 0.444 e. The van der Waals surface area contributed by atoms with Gasteiger partial charge in [-0.1, -0.05) is 41.5 Å². The maximum Gasteiger partial charge on any atom is 0.537 e. The van der Waals surface area contributed by atoms with Gasteiger partial charge in [0.2, 0.25) is 18.5 Å². The van der Waals surface area contributed by atoms with Crippen LogP contribution in [0, 0.1) is 5.92 Å². The van der Waals surface area contributed by atoms with Crippen LogP contribution < -0.4 is 0 Å². The van der Waals surface area contributed by atoms with E-state index in [9.17, 15) is 28.8 Å². The van der Waals surface area contributed by atoms with Gasteiger partial charge in [-0.2, -0.15) is 0 Å². The van der Waals surface area contributed by atoms with Gasteiger partial charge < -0.3 is 23.7 Å². The van der Waals surface area contributed by atoms with Crippen LogP contribution in [0.3, 0.4) is 0 Å². The predicted octanol–water partition coefficient (Wildman–Crippen LogP) is 2.19. The van der Waals surface area contributed by atoms with Gasteiger partial charge in [-0.05, 0) is 37.1 Å². The molecule has 2 aromatic carbocycles. The van der Waals surface area contributed by atoms with Gasteiger partial charge in [-0.15, -0.1) is 0 Å². The second kappa shape index (κ2) is 12.8. The molecular formula is C27H25NO12. The Morgan fingerprint density at radius 2 is 1.25 bits per heavy atom. The van der Waals surface area contributed by atoms with Crippen LogP contribution in [0.5, 0.6) is 0 Å². The molecule has 0 bridgehead atoms. The first kappa shape index (κ1) is 28.2. The van der Waals surface area contributed by atoms with Crippen molar-refractivity contribution in [3.05, 3.63) is 71.8 Å². The van der Waals surface area contributed by atoms with E-state index in [1.807, 2.05) is 0 Å². The normalized spacial score (nSPS) is 19.9. The molecule has 2 aliphatic heterocycles. The average Bonchev–Trinajstić information content (AvgIpc) is 3.17. The molecule has 13 nitrogen and oxygen atoms in total. The molecule has 0 N–H and O–H groups in total. The van der Waals surface area contributed by atoms with Gasteiger partial charge in [0, 0.05) is 20.1 Å². The fraction of sp³-hybridized carbons (Fsp3) is 0.333. The van der Waals surface area contributed by atoms with Gasteiger partial charge in [0.05, 0.1) is 17.0 Å². The third kappa shape index (κ3) is 6.80. The molecule has 210 valence electrons. The molecule has 2 aliphatic rings. The number of ether oxygens (including phenoxy) is 5. The molecule has 13 heteroatoms. The summed E-state index contributed by atoms with van der Waals surface area (Å²) >= 11 is 0. The molecular weight excluding hydrogens is 530 g/mol. The fourth-order valence-corrected chi connectivity index (χ4v) is 3.88. The SMILES string of the molecule is C[C@@H](OC(=O)ON1C(=O)[C@@H](OC(=O)c2ccccc2)[C@H](OC(=O)c2ccccc2)C1=O)OC(=O)C1CCOCC1. The van der Waals surface area contributed by atoms with E-state index >= 15 is 0 Å². The van der Waals surface area contributed by atoms with Crippen molar-refractivity contribution in [2.75, 3.05) is 13.2 Å². The topological polar surface area (TPSA) is 161 Å². The number of benzene rings is 2. The molecule has 2 fully saturated rings. The molecule has 3 atom stereocenters. The van der Waals surface area contributed by atoms with Crippen LogP contribution in [0.2, 0.25) is 0 Å². The number of rotatable bonds is 8. The Kier molecular flexibility index (Phi) is 9.07. The fourth-order valence-electron chi connectivity index (χ4n) is 3.88. The van der Waals surface area contributed by atoms with Crippen LogP contribution in [0.25, 0.3) is 0 Å². The summed E-state index contributed by atoms with van der Waals surface area (Å²) in [5, 5.41) is -0.0266. The van der Waals surface area contributed by atoms with E-state index in [0.29, 0.717) is 26.1 Å². The second-order valence-electron chi connectivity index (χ2n) is 8.71. The van der Waals surface area contributed by atoms with E-state index in [-0.39, 0.29) is 16.2 Å². The molecule has 0 aromatic heterocycles. The van der Waals surface area contributed by atoms with Crippen molar-refractivity contribution in [3.8, 4) is 0 Å². The molecule has 0 radical (unpaired) electrons. The summed E-state index contributed by atoms with van der Waals surface area (Å²) in [6.07, 6.45) is -6.04. The first-order valence-electron chi connectivity index (χ1n) is 12.3. The van der Waals surface area contributed by atoms with E-state index in [0.717, 1.165) is 0 Å². The van der Waals surface area contributed by atoms with Crippen LogP contribution in [0.4, 0.5) is 4.79 Å². The average molecular weight is 555 g/mol. The van der Waals surface area contributed by atoms with E-state index in [4.69, 9.17) is 28.5 Å². The summed E-state index contributed by atoms with van der Waals surface area (Å²) in [5.41, 5.74) is 0.102. The lowest BCUT2D eigenvalue weighted by molar-refractivity contribution is -0.195. The summed E-state index contributed by atoms with van der Waals surface area (Å²) in [7, 11) is 0. The van der Waals surface area contributed by atoms with Crippen molar-refractivity contribution in [2.45, 2.75) is 38.3 Å². The Morgan fingerprint density at radius 3 is 1.73 bits per heavy atom. The van der Waals surface area contributed by atoms with Crippen LogP contribution in [-0.4, -0.2) is 72.7 Å². The second-order valence-corrected chi connectivity index (χ2v) is 8.71. The van der Waals surface area contributed by atoms with E-state index in [1.165, 1.54) is 31.2 Å². The Hall–Kier alpha value is -4.78. The first-order valence-corrected chi connectivity index (χ1v) is 12.3. The maximum atomic E-state index is 13.0. The summed E-state index contributed by atoms with van der Waals surface area (Å²) in [5.74, 6) is -5.64. The lowest BCUT2D eigenvalue weighted by Crippen LogP contribution is -2.37. The third-order valence-corrected chi connectivity index (χ3v) is 5.91. The van der Waals surface area contributed by atoms with Crippen molar-refractivity contribution >= 4 is 35.9 Å². The monoisotopic (exact) mass is 555 g/mol. The number of nitrogens with zero attached hydrogens (tertiary/aromatic N) is 1. The maximum absolute atomic E-state index is 13.0. The zero-order valence-corrected chi connectivity index (χ0v) is 21.3. The van der Waals surface area contributed by atoms with Crippen molar-refractivity contribution in [1.29, 1.82) is 0 Å². The van der Waals surface area contributed by atoms with E-state index < -0.39 is 60.3 Å². The highest BCUT2D eigenvalue weighted by atomic mass is 16.9. The zero-order chi connectivity index (χ0) is 28.6. The van der Waals surface area contributed by atoms with Gasteiger partial charge in [0.1, 0.15) is 0 Å². The number of carbonyl (C=O) groups excluding carboxylic acids is 6. The predicted molar refractivity (Wildman–Crippen MR) is 130 cm³/mol. The van der Waals surface area contributed by atoms with Gasteiger partial charge in [0.15, 0.2) is 0 Å². The molecule has 2 heterocycles. The Morgan fingerprint density at radius 1 is 0.775 bits per heavy atom. The highest BCUT2D eigenvalue weighted by Crippen LogP contribution is 2.24. The largest absolute Gasteiger partial charge is 0.537 e. The number of hydrogen-bond acceptors (Lipinski definition) is 12. The molecule has 2 saturated heterocycles. The molecule has 2 amide bonds. The van der Waals surface area contributed by atoms with E-state index in [2.05, 4.69) is 0 Å². The number of carbonyl (C=O) groups is 6. The molecule has 0 spiro atoms. The number of hydrogen-bond donors (Lipinski definition) is 0. The summed E-state index contributed by atoms with van der Waals surface area (Å²) in [4.78, 5) is 80.6. The molecule has 0 saturated carbocycles. The Balaban J connectivity index is 1.44.